The van der Waals surface area contributed by atoms with Crippen LogP contribution >= 0.6 is 10.9 Å². The average Bonchev–Trinajstić information content (AvgIpc) is 2.09. The average molecular weight is 234 g/mol. The van der Waals surface area contributed by atoms with Crippen molar-refractivity contribution in [2.75, 3.05) is 24.9 Å². The summed E-state index contributed by atoms with van der Waals surface area (Å²) in [6, 6.07) is 0. The Balaban J connectivity index is 3.20. The molecule has 0 bridgehead atoms. The van der Waals surface area contributed by atoms with Crippen LogP contribution in [0.1, 0.15) is 39.5 Å². The number of ether oxygens (including phenoxy) is 1. The standard InChI is InChI=1S/C12H26O2S/c1-11(2)8-6-5-7-9-14-12(13)10-15(3)4/h11,15H,5-10H2,1-4H3. The molecule has 0 unspecified atom stereocenters. The molecule has 0 aromatic rings. The number of thiol groups is 1. The van der Waals surface area contributed by atoms with Gasteiger partial charge >= 0.3 is 5.97 Å². The molecule has 0 amide bonds. The van der Waals surface area contributed by atoms with Crippen molar-refractivity contribution in [2.24, 2.45) is 5.92 Å². The molecule has 0 heterocycles. The zero-order valence-corrected chi connectivity index (χ0v) is 11.5. The monoisotopic (exact) mass is 234 g/mol. The summed E-state index contributed by atoms with van der Waals surface area (Å²) in [5, 5.41) is 0. The van der Waals surface area contributed by atoms with Gasteiger partial charge in [-0.05, 0) is 24.9 Å². The van der Waals surface area contributed by atoms with Gasteiger partial charge in [0.1, 0.15) is 0 Å². The molecule has 0 rings (SSSR count). The molecule has 0 saturated heterocycles. The predicted molar refractivity (Wildman–Crippen MR) is 70.0 cm³/mol. The predicted octanol–water partition coefficient (Wildman–Crippen LogP) is 3.01. The molecule has 0 spiro atoms. The van der Waals surface area contributed by atoms with Crippen molar-refractivity contribution >= 4 is 16.9 Å². The van der Waals surface area contributed by atoms with E-state index in [0.717, 1.165) is 12.3 Å². The Morgan fingerprint density at radius 1 is 1.20 bits per heavy atom. The summed E-state index contributed by atoms with van der Waals surface area (Å²) in [5.74, 6) is 1.38. The maximum absolute atomic E-state index is 11.2. The third kappa shape index (κ3) is 11.7. The van der Waals surface area contributed by atoms with Crippen molar-refractivity contribution in [3.63, 3.8) is 0 Å². The molecule has 15 heavy (non-hydrogen) atoms. The van der Waals surface area contributed by atoms with Crippen LogP contribution in [-0.2, 0) is 9.53 Å². The molecule has 3 heteroatoms. The van der Waals surface area contributed by atoms with Crippen LogP contribution in [0.5, 0.6) is 0 Å². The molecule has 0 radical (unpaired) electrons. The van der Waals surface area contributed by atoms with Gasteiger partial charge in [-0.3, -0.25) is 4.79 Å². The summed E-state index contributed by atoms with van der Waals surface area (Å²) in [5.41, 5.74) is 0. The number of rotatable bonds is 8. The zero-order valence-electron chi connectivity index (χ0n) is 10.6. The number of hydrogen-bond donors (Lipinski definition) is 1. The van der Waals surface area contributed by atoms with Crippen LogP contribution in [0, 0.1) is 5.92 Å². The molecular weight excluding hydrogens is 208 g/mol. The lowest BCUT2D eigenvalue weighted by Gasteiger charge is -2.09. The fourth-order valence-electron chi connectivity index (χ4n) is 1.32. The summed E-state index contributed by atoms with van der Waals surface area (Å²) in [7, 11) is -0.151. The van der Waals surface area contributed by atoms with E-state index in [0.29, 0.717) is 12.4 Å². The fourth-order valence-corrected chi connectivity index (χ4v) is 1.93. The van der Waals surface area contributed by atoms with Gasteiger partial charge in [-0.15, -0.1) is 0 Å². The first-order valence-corrected chi connectivity index (χ1v) is 8.25. The minimum absolute atomic E-state index is 0.0185. The minimum Gasteiger partial charge on any atom is -0.465 e. The lowest BCUT2D eigenvalue weighted by Crippen LogP contribution is -2.10. The first kappa shape index (κ1) is 14.8. The Hall–Kier alpha value is -0.180. The van der Waals surface area contributed by atoms with E-state index < -0.39 is 0 Å². The smallest absolute Gasteiger partial charge is 0.314 e. The Morgan fingerprint density at radius 3 is 2.40 bits per heavy atom. The molecule has 0 aromatic carbocycles. The first-order valence-electron chi connectivity index (χ1n) is 5.82. The van der Waals surface area contributed by atoms with Crippen LogP contribution in [0.4, 0.5) is 0 Å². The second-order valence-corrected chi connectivity index (χ2v) is 7.18. The molecule has 0 N–H and O–H groups in total. The van der Waals surface area contributed by atoms with Gasteiger partial charge in [0.25, 0.3) is 0 Å². The van der Waals surface area contributed by atoms with Crippen LogP contribution < -0.4 is 0 Å². The maximum atomic E-state index is 11.2. The van der Waals surface area contributed by atoms with Gasteiger partial charge in [0, 0.05) is 0 Å². The minimum atomic E-state index is -0.151. The summed E-state index contributed by atoms with van der Waals surface area (Å²) >= 11 is 0. The van der Waals surface area contributed by atoms with Gasteiger partial charge in [-0.2, -0.15) is 0 Å². The van der Waals surface area contributed by atoms with E-state index in [9.17, 15) is 4.79 Å². The van der Waals surface area contributed by atoms with E-state index in [1.165, 1.54) is 19.3 Å². The summed E-state index contributed by atoms with van der Waals surface area (Å²) < 4.78 is 5.14. The number of carbonyl (C=O) groups excluding carboxylic acids is 1. The molecule has 0 aliphatic carbocycles. The van der Waals surface area contributed by atoms with Gasteiger partial charge < -0.3 is 4.74 Å². The Bertz CT molecular complexity index is 167. The SMILES string of the molecule is CC(C)CCCCCOC(=O)C[SH](C)C. The highest BCUT2D eigenvalue weighted by molar-refractivity contribution is 8.16. The Morgan fingerprint density at radius 2 is 1.87 bits per heavy atom. The van der Waals surface area contributed by atoms with E-state index >= 15 is 0 Å². The molecule has 0 aliphatic rings. The van der Waals surface area contributed by atoms with Crippen molar-refractivity contribution < 1.29 is 9.53 Å². The van der Waals surface area contributed by atoms with E-state index in [1.807, 2.05) is 0 Å². The van der Waals surface area contributed by atoms with Gasteiger partial charge in [0.05, 0.1) is 12.4 Å². The number of unbranched alkanes of at least 4 members (excludes halogenated alkanes) is 2. The number of hydrogen-bond acceptors (Lipinski definition) is 2. The van der Waals surface area contributed by atoms with Crippen LogP contribution in [0.2, 0.25) is 0 Å². The van der Waals surface area contributed by atoms with Crippen molar-refractivity contribution in [2.45, 2.75) is 39.5 Å². The van der Waals surface area contributed by atoms with Crippen LogP contribution in [-0.4, -0.2) is 30.8 Å². The van der Waals surface area contributed by atoms with Crippen molar-refractivity contribution in [3.05, 3.63) is 0 Å². The lowest BCUT2D eigenvalue weighted by atomic mass is 10.1. The van der Waals surface area contributed by atoms with Crippen molar-refractivity contribution in [1.82, 2.24) is 0 Å². The second-order valence-electron chi connectivity index (χ2n) is 4.70. The van der Waals surface area contributed by atoms with E-state index in [2.05, 4.69) is 26.4 Å². The van der Waals surface area contributed by atoms with Gasteiger partial charge in [-0.1, -0.05) is 33.1 Å². The third-order valence-corrected chi connectivity index (χ3v) is 3.02. The molecule has 0 saturated carbocycles. The number of esters is 1. The molecule has 0 fully saturated rings. The highest BCUT2D eigenvalue weighted by atomic mass is 32.2. The van der Waals surface area contributed by atoms with E-state index in [1.54, 1.807) is 0 Å². The zero-order chi connectivity index (χ0) is 11.7. The fraction of sp³-hybridized carbons (Fsp3) is 0.917. The molecule has 2 nitrogen and oxygen atoms in total. The summed E-state index contributed by atoms with van der Waals surface area (Å²) in [6.45, 7) is 5.09. The topological polar surface area (TPSA) is 26.3 Å². The lowest BCUT2D eigenvalue weighted by molar-refractivity contribution is -0.140. The highest BCUT2D eigenvalue weighted by Gasteiger charge is 2.03. The molecule has 0 atom stereocenters. The quantitative estimate of drug-likeness (QED) is 0.397. The normalized spacial score (nSPS) is 11.7. The van der Waals surface area contributed by atoms with E-state index in [-0.39, 0.29) is 16.9 Å². The Labute approximate surface area is 97.1 Å². The maximum Gasteiger partial charge on any atom is 0.314 e. The van der Waals surface area contributed by atoms with Crippen molar-refractivity contribution in [1.29, 1.82) is 0 Å². The highest BCUT2D eigenvalue weighted by Crippen LogP contribution is 2.13. The molecular formula is C12H26O2S. The van der Waals surface area contributed by atoms with E-state index in [4.69, 9.17) is 4.74 Å². The molecule has 0 aliphatic heterocycles. The first-order chi connectivity index (χ1) is 7.02. The Kier molecular flexibility index (Phi) is 8.97. The van der Waals surface area contributed by atoms with Gasteiger partial charge in [0.2, 0.25) is 0 Å². The summed E-state index contributed by atoms with van der Waals surface area (Å²) in [6.07, 6.45) is 8.92. The van der Waals surface area contributed by atoms with Gasteiger partial charge in [0.15, 0.2) is 0 Å². The summed E-state index contributed by atoms with van der Waals surface area (Å²) in [4.78, 5) is 11.2. The van der Waals surface area contributed by atoms with Gasteiger partial charge in [-0.25, -0.2) is 10.9 Å². The molecule has 0 aromatic heterocycles. The molecule has 92 valence electrons. The largest absolute Gasteiger partial charge is 0.465 e. The number of carbonyl (C=O) groups is 1. The second kappa shape index (κ2) is 9.08. The van der Waals surface area contributed by atoms with Crippen LogP contribution in [0.15, 0.2) is 0 Å². The van der Waals surface area contributed by atoms with Crippen molar-refractivity contribution in [3.8, 4) is 0 Å². The third-order valence-electron chi connectivity index (χ3n) is 2.13. The van der Waals surface area contributed by atoms with Crippen LogP contribution in [0.3, 0.4) is 0 Å². The van der Waals surface area contributed by atoms with Crippen LogP contribution in [0.25, 0.3) is 0 Å².